The van der Waals surface area contributed by atoms with Crippen LogP contribution < -0.4 is 15.9 Å². The van der Waals surface area contributed by atoms with Gasteiger partial charge in [0.1, 0.15) is 11.5 Å². The molecule has 2 aromatic heterocycles. The quantitative estimate of drug-likeness (QED) is 0.311. The van der Waals surface area contributed by atoms with E-state index in [1.54, 1.807) is 41.1 Å². The van der Waals surface area contributed by atoms with E-state index in [9.17, 15) is 4.79 Å². The average molecular weight is 470 g/mol. The summed E-state index contributed by atoms with van der Waals surface area (Å²) in [4.78, 5) is 12.4. The number of halogens is 1. The van der Waals surface area contributed by atoms with E-state index in [-0.39, 0.29) is 11.7 Å². The SMILES string of the molecule is Cc1cc(C)n(-c2nnc(SCC(=O)Nc3ccc(Oc4ccccc4Cl)cc3)n2N)n1. The summed E-state index contributed by atoms with van der Waals surface area (Å²) in [5, 5.41) is 16.3. The number of nitrogens with two attached hydrogens (primary N) is 1. The Kier molecular flexibility index (Phi) is 6.33. The highest BCUT2D eigenvalue weighted by Crippen LogP contribution is 2.29. The van der Waals surface area contributed by atoms with Gasteiger partial charge < -0.3 is 15.9 Å². The number of nitrogens with zero attached hydrogens (tertiary/aromatic N) is 5. The number of benzene rings is 2. The summed E-state index contributed by atoms with van der Waals surface area (Å²) in [6.45, 7) is 3.79. The second kappa shape index (κ2) is 9.33. The lowest BCUT2D eigenvalue weighted by Crippen LogP contribution is -2.18. The van der Waals surface area contributed by atoms with Crippen molar-refractivity contribution < 1.29 is 9.53 Å². The molecule has 0 fully saturated rings. The van der Waals surface area contributed by atoms with Crippen molar-refractivity contribution in [2.24, 2.45) is 0 Å². The van der Waals surface area contributed by atoms with Crippen LogP contribution in [0.1, 0.15) is 11.4 Å². The third-order valence-electron chi connectivity index (χ3n) is 4.38. The van der Waals surface area contributed by atoms with Crippen LogP contribution in [0.4, 0.5) is 5.69 Å². The van der Waals surface area contributed by atoms with E-state index in [2.05, 4.69) is 20.6 Å². The largest absolute Gasteiger partial charge is 0.456 e. The average Bonchev–Trinajstić information content (AvgIpc) is 3.30. The molecule has 0 atom stereocenters. The number of para-hydroxylation sites is 1. The molecule has 0 radical (unpaired) electrons. The molecule has 11 heteroatoms. The molecule has 0 saturated heterocycles. The first-order chi connectivity index (χ1) is 15.4. The molecule has 2 aromatic carbocycles. The molecular weight excluding hydrogens is 450 g/mol. The molecule has 0 saturated carbocycles. The molecule has 4 aromatic rings. The number of carbonyl (C=O) groups is 1. The van der Waals surface area contributed by atoms with Crippen molar-refractivity contribution in [2.75, 3.05) is 16.9 Å². The van der Waals surface area contributed by atoms with E-state index in [0.29, 0.717) is 33.3 Å². The Bertz CT molecular complexity index is 1250. The molecular formula is C21H20ClN7O2S. The van der Waals surface area contributed by atoms with Crippen LogP contribution in [0.2, 0.25) is 5.02 Å². The van der Waals surface area contributed by atoms with Gasteiger partial charge in [0.05, 0.1) is 16.5 Å². The summed E-state index contributed by atoms with van der Waals surface area (Å²) < 4.78 is 8.68. The lowest BCUT2D eigenvalue weighted by Gasteiger charge is -2.09. The molecule has 0 aliphatic heterocycles. The smallest absolute Gasteiger partial charge is 0.271 e. The molecule has 0 aliphatic rings. The zero-order valence-electron chi connectivity index (χ0n) is 17.3. The summed E-state index contributed by atoms with van der Waals surface area (Å²) in [6, 6.07) is 16.1. The minimum absolute atomic E-state index is 0.115. The van der Waals surface area contributed by atoms with E-state index in [1.807, 2.05) is 32.0 Å². The first-order valence-electron chi connectivity index (χ1n) is 9.60. The van der Waals surface area contributed by atoms with Gasteiger partial charge in [-0.15, -0.1) is 10.2 Å². The van der Waals surface area contributed by atoms with Crippen LogP contribution in [0.5, 0.6) is 11.5 Å². The third kappa shape index (κ3) is 4.87. The van der Waals surface area contributed by atoms with Gasteiger partial charge in [0.2, 0.25) is 11.1 Å². The molecule has 0 unspecified atom stereocenters. The van der Waals surface area contributed by atoms with Crippen LogP contribution in [-0.2, 0) is 4.79 Å². The Morgan fingerprint density at radius 1 is 1.16 bits per heavy atom. The van der Waals surface area contributed by atoms with Crippen LogP contribution in [-0.4, -0.2) is 36.3 Å². The number of ether oxygens (including phenoxy) is 1. The number of amides is 1. The van der Waals surface area contributed by atoms with Crippen LogP contribution in [0.3, 0.4) is 0 Å². The fourth-order valence-corrected chi connectivity index (χ4v) is 3.76. The van der Waals surface area contributed by atoms with Crippen molar-refractivity contribution in [1.82, 2.24) is 24.7 Å². The second-order valence-corrected chi connectivity index (χ2v) is 8.23. The molecule has 2 heterocycles. The monoisotopic (exact) mass is 469 g/mol. The maximum atomic E-state index is 12.4. The van der Waals surface area contributed by atoms with Crippen LogP contribution >= 0.6 is 23.4 Å². The number of hydrogen-bond donors (Lipinski definition) is 2. The van der Waals surface area contributed by atoms with E-state index in [1.165, 1.54) is 16.4 Å². The fraction of sp³-hybridized carbons (Fsp3) is 0.143. The van der Waals surface area contributed by atoms with Gasteiger partial charge in [-0.05, 0) is 56.3 Å². The van der Waals surface area contributed by atoms with Crippen molar-refractivity contribution in [3.8, 4) is 17.4 Å². The molecule has 1 amide bonds. The number of rotatable bonds is 7. The van der Waals surface area contributed by atoms with Crippen molar-refractivity contribution >= 4 is 35.0 Å². The van der Waals surface area contributed by atoms with Crippen molar-refractivity contribution in [3.05, 3.63) is 71.0 Å². The van der Waals surface area contributed by atoms with Gasteiger partial charge in [-0.25, -0.2) is 9.36 Å². The van der Waals surface area contributed by atoms with Gasteiger partial charge in [-0.1, -0.05) is 35.5 Å². The second-order valence-electron chi connectivity index (χ2n) is 6.89. The van der Waals surface area contributed by atoms with Gasteiger partial charge in [-0.3, -0.25) is 4.79 Å². The highest BCUT2D eigenvalue weighted by molar-refractivity contribution is 7.99. The Balaban J connectivity index is 1.33. The Morgan fingerprint density at radius 3 is 2.59 bits per heavy atom. The van der Waals surface area contributed by atoms with Crippen molar-refractivity contribution in [2.45, 2.75) is 19.0 Å². The van der Waals surface area contributed by atoms with Gasteiger partial charge >= 0.3 is 0 Å². The topological polar surface area (TPSA) is 113 Å². The number of nitrogens with one attached hydrogen (secondary N) is 1. The Labute approximate surface area is 193 Å². The van der Waals surface area contributed by atoms with E-state index < -0.39 is 0 Å². The van der Waals surface area contributed by atoms with Gasteiger partial charge in [0.15, 0.2) is 0 Å². The normalized spacial score (nSPS) is 10.8. The summed E-state index contributed by atoms with van der Waals surface area (Å²) >= 11 is 7.29. The predicted molar refractivity (Wildman–Crippen MR) is 124 cm³/mol. The molecule has 0 bridgehead atoms. The number of thioether (sulfide) groups is 1. The van der Waals surface area contributed by atoms with E-state index >= 15 is 0 Å². The fourth-order valence-electron chi connectivity index (χ4n) is 2.93. The Morgan fingerprint density at radius 2 is 1.91 bits per heavy atom. The minimum Gasteiger partial charge on any atom is -0.456 e. The maximum Gasteiger partial charge on any atom is 0.271 e. The zero-order valence-corrected chi connectivity index (χ0v) is 18.9. The van der Waals surface area contributed by atoms with Gasteiger partial charge in [-0.2, -0.15) is 5.10 Å². The van der Waals surface area contributed by atoms with Crippen molar-refractivity contribution in [3.63, 3.8) is 0 Å². The summed E-state index contributed by atoms with van der Waals surface area (Å²) in [5.74, 6) is 7.56. The summed E-state index contributed by atoms with van der Waals surface area (Å²) in [7, 11) is 0. The van der Waals surface area contributed by atoms with Crippen LogP contribution in [0.15, 0.2) is 59.8 Å². The molecule has 4 rings (SSSR count). The van der Waals surface area contributed by atoms with Crippen molar-refractivity contribution in [1.29, 1.82) is 0 Å². The molecule has 164 valence electrons. The number of aromatic nitrogens is 5. The van der Waals surface area contributed by atoms with Gasteiger partial charge in [0, 0.05) is 11.4 Å². The van der Waals surface area contributed by atoms with E-state index in [4.69, 9.17) is 22.2 Å². The Hall–Kier alpha value is -3.50. The lowest BCUT2D eigenvalue weighted by atomic mass is 10.3. The highest BCUT2D eigenvalue weighted by Gasteiger charge is 2.16. The highest BCUT2D eigenvalue weighted by atomic mass is 35.5. The number of hydrogen-bond acceptors (Lipinski definition) is 7. The molecule has 32 heavy (non-hydrogen) atoms. The molecule has 0 spiro atoms. The predicted octanol–water partition coefficient (Wildman–Crippen LogP) is 3.97. The number of carbonyl (C=O) groups excluding carboxylic acids is 1. The minimum atomic E-state index is -0.203. The molecule has 9 nitrogen and oxygen atoms in total. The summed E-state index contributed by atoms with van der Waals surface area (Å²) in [5.41, 5.74) is 2.37. The van der Waals surface area contributed by atoms with Crippen LogP contribution in [0, 0.1) is 13.8 Å². The molecule has 0 aliphatic carbocycles. The van der Waals surface area contributed by atoms with Crippen LogP contribution in [0.25, 0.3) is 5.95 Å². The lowest BCUT2D eigenvalue weighted by molar-refractivity contribution is -0.113. The van der Waals surface area contributed by atoms with E-state index in [0.717, 1.165) is 11.4 Å². The third-order valence-corrected chi connectivity index (χ3v) is 5.64. The number of aryl methyl sites for hydroxylation is 2. The standard InChI is InChI=1S/C21H20ClN7O2S/c1-13-11-14(2)29(27-13)20-25-26-21(28(20)23)32-12-19(30)24-15-7-9-16(10-8-15)31-18-6-4-3-5-17(18)22/h3-11H,12,23H2,1-2H3,(H,24,30). The molecule has 3 N–H and O–H groups in total. The maximum absolute atomic E-state index is 12.4. The van der Waals surface area contributed by atoms with Gasteiger partial charge in [0.25, 0.3) is 5.95 Å². The first-order valence-corrected chi connectivity index (χ1v) is 11.0. The number of nitrogen functional groups attached to an aromatic ring is 1. The zero-order chi connectivity index (χ0) is 22.7. The summed E-state index contributed by atoms with van der Waals surface area (Å²) in [6.07, 6.45) is 0. The number of anilines is 1. The first kappa shape index (κ1) is 21.7.